The Kier molecular flexibility index (Phi) is 5.70. The van der Waals surface area contributed by atoms with Crippen LogP contribution >= 0.6 is 0 Å². The van der Waals surface area contributed by atoms with E-state index in [1.54, 1.807) is 0 Å². The summed E-state index contributed by atoms with van der Waals surface area (Å²) in [7, 11) is 0. The summed E-state index contributed by atoms with van der Waals surface area (Å²) in [6.07, 6.45) is 5.76. The number of carbonyl (C=O) groups excluding carboxylic acids is 1. The fourth-order valence-electron chi connectivity index (χ4n) is 3.03. The zero-order valence-corrected chi connectivity index (χ0v) is 12.2. The van der Waals surface area contributed by atoms with E-state index in [9.17, 15) is 14.3 Å². The molecule has 0 aromatic heterocycles. The molecule has 0 saturated heterocycles. The number of nitrogens with zero attached hydrogens (tertiary/aromatic N) is 1. The van der Waals surface area contributed by atoms with Gasteiger partial charge < -0.3 is 10.8 Å². The molecule has 1 amide bonds. The molecule has 0 spiro atoms. The van der Waals surface area contributed by atoms with Crippen LogP contribution in [0.15, 0.2) is 18.2 Å². The molecule has 3 N–H and O–H groups in total. The first-order valence-electron chi connectivity index (χ1n) is 7.55. The molecular formula is C16H23FN2O2. The van der Waals surface area contributed by atoms with Crippen molar-refractivity contribution in [2.45, 2.75) is 44.7 Å². The summed E-state index contributed by atoms with van der Waals surface area (Å²) in [4.78, 5) is 13.3. The molecule has 0 unspecified atom stereocenters. The number of rotatable bonds is 6. The highest BCUT2D eigenvalue weighted by Crippen LogP contribution is 2.24. The van der Waals surface area contributed by atoms with Gasteiger partial charge in [0.1, 0.15) is 5.82 Å². The normalized spacial score (nSPS) is 16.3. The maximum absolute atomic E-state index is 14.0. The van der Waals surface area contributed by atoms with Crippen LogP contribution in [0.25, 0.3) is 0 Å². The smallest absolute Gasteiger partial charge is 0.248 e. The number of amides is 1. The number of hydrogen-bond acceptors (Lipinski definition) is 3. The van der Waals surface area contributed by atoms with E-state index in [1.807, 2.05) is 0 Å². The van der Waals surface area contributed by atoms with Crippen LogP contribution in [0.1, 0.15) is 48.0 Å². The molecule has 2 rings (SSSR count). The molecule has 1 fully saturated rings. The fourth-order valence-corrected chi connectivity index (χ4v) is 3.03. The van der Waals surface area contributed by atoms with Crippen molar-refractivity contribution in [2.24, 2.45) is 5.73 Å². The lowest BCUT2D eigenvalue weighted by Gasteiger charge is -2.34. The molecule has 1 aromatic rings. The third kappa shape index (κ3) is 4.25. The van der Waals surface area contributed by atoms with Crippen molar-refractivity contribution >= 4 is 5.91 Å². The second-order valence-corrected chi connectivity index (χ2v) is 5.66. The maximum atomic E-state index is 14.0. The molecule has 0 heterocycles. The van der Waals surface area contributed by atoms with Gasteiger partial charge >= 0.3 is 0 Å². The molecule has 1 aromatic carbocycles. The fraction of sp³-hybridized carbons (Fsp3) is 0.562. The average molecular weight is 294 g/mol. The minimum absolute atomic E-state index is 0.0492. The van der Waals surface area contributed by atoms with Gasteiger partial charge in [0.2, 0.25) is 5.91 Å². The standard InChI is InChI=1S/C16H23FN2O2/c17-15-7-6-12(16(18)21)10-13(15)11-19(8-9-20)14-4-2-1-3-5-14/h6-7,10,14,20H,1-5,8-9,11H2,(H2,18,21). The number of halogens is 1. The Bertz CT molecular complexity index is 487. The number of primary amides is 1. The Labute approximate surface area is 124 Å². The highest BCUT2D eigenvalue weighted by molar-refractivity contribution is 5.92. The van der Waals surface area contributed by atoms with Crippen molar-refractivity contribution in [1.29, 1.82) is 0 Å². The second kappa shape index (κ2) is 7.52. The average Bonchev–Trinajstić information content (AvgIpc) is 2.49. The molecular weight excluding hydrogens is 271 g/mol. The summed E-state index contributed by atoms with van der Waals surface area (Å²) in [6.45, 7) is 0.969. The third-order valence-electron chi connectivity index (χ3n) is 4.18. The van der Waals surface area contributed by atoms with Crippen LogP contribution in [0.2, 0.25) is 0 Å². The summed E-state index contributed by atoms with van der Waals surface area (Å²) in [5.74, 6) is -0.888. The molecule has 0 aliphatic heterocycles. The van der Waals surface area contributed by atoms with Gasteiger partial charge in [-0.2, -0.15) is 0 Å². The van der Waals surface area contributed by atoms with Crippen molar-refractivity contribution in [2.75, 3.05) is 13.2 Å². The summed E-state index contributed by atoms with van der Waals surface area (Å²) >= 11 is 0. The topological polar surface area (TPSA) is 66.6 Å². The minimum atomic E-state index is -0.553. The summed E-state index contributed by atoms with van der Waals surface area (Å²) < 4.78 is 14.0. The predicted octanol–water partition coefficient (Wildman–Crippen LogP) is 2.05. The van der Waals surface area contributed by atoms with Crippen LogP contribution in [0.3, 0.4) is 0 Å². The molecule has 1 saturated carbocycles. The molecule has 21 heavy (non-hydrogen) atoms. The van der Waals surface area contributed by atoms with E-state index in [2.05, 4.69) is 4.90 Å². The SMILES string of the molecule is NC(=O)c1ccc(F)c(CN(CCO)C2CCCCC2)c1. The number of aliphatic hydroxyl groups excluding tert-OH is 1. The van der Waals surface area contributed by atoms with Gasteiger partial charge in [-0.05, 0) is 31.0 Å². The van der Waals surface area contributed by atoms with Crippen LogP contribution in [0.5, 0.6) is 0 Å². The van der Waals surface area contributed by atoms with Gasteiger partial charge in [0.15, 0.2) is 0 Å². The Hall–Kier alpha value is -1.46. The Balaban J connectivity index is 2.15. The van der Waals surface area contributed by atoms with E-state index in [-0.39, 0.29) is 12.4 Å². The first-order chi connectivity index (χ1) is 10.1. The van der Waals surface area contributed by atoms with Crippen LogP contribution < -0.4 is 5.73 Å². The van der Waals surface area contributed by atoms with Crippen LogP contribution in [-0.2, 0) is 6.54 Å². The zero-order valence-electron chi connectivity index (χ0n) is 12.2. The maximum Gasteiger partial charge on any atom is 0.248 e. The predicted molar refractivity (Wildman–Crippen MR) is 79.3 cm³/mol. The summed E-state index contributed by atoms with van der Waals surface area (Å²) in [6, 6.07) is 4.58. The van der Waals surface area contributed by atoms with Crippen molar-refractivity contribution in [3.05, 3.63) is 35.1 Å². The number of hydrogen-bond donors (Lipinski definition) is 2. The Morgan fingerprint density at radius 3 is 2.67 bits per heavy atom. The van der Waals surface area contributed by atoms with Gasteiger partial charge in [0.05, 0.1) is 6.61 Å². The second-order valence-electron chi connectivity index (χ2n) is 5.66. The highest BCUT2D eigenvalue weighted by Gasteiger charge is 2.22. The monoisotopic (exact) mass is 294 g/mol. The largest absolute Gasteiger partial charge is 0.395 e. The molecule has 4 nitrogen and oxygen atoms in total. The lowest BCUT2D eigenvalue weighted by molar-refractivity contribution is 0.0999. The molecule has 5 heteroatoms. The van der Waals surface area contributed by atoms with Gasteiger partial charge in [-0.3, -0.25) is 9.69 Å². The number of aliphatic hydroxyl groups is 1. The van der Waals surface area contributed by atoms with E-state index in [1.165, 1.54) is 37.5 Å². The molecule has 0 bridgehead atoms. The first kappa shape index (κ1) is 15.9. The van der Waals surface area contributed by atoms with E-state index in [4.69, 9.17) is 5.73 Å². The Morgan fingerprint density at radius 2 is 2.05 bits per heavy atom. The molecule has 0 atom stereocenters. The van der Waals surface area contributed by atoms with E-state index in [0.717, 1.165) is 12.8 Å². The number of nitrogens with two attached hydrogens (primary N) is 1. The lowest BCUT2D eigenvalue weighted by Crippen LogP contribution is -2.38. The van der Waals surface area contributed by atoms with E-state index < -0.39 is 5.91 Å². The number of carbonyl (C=O) groups is 1. The third-order valence-corrected chi connectivity index (χ3v) is 4.18. The molecule has 1 aliphatic carbocycles. The van der Waals surface area contributed by atoms with Crippen molar-refractivity contribution in [3.8, 4) is 0 Å². The van der Waals surface area contributed by atoms with Crippen molar-refractivity contribution in [1.82, 2.24) is 4.90 Å². The van der Waals surface area contributed by atoms with Crippen LogP contribution in [0, 0.1) is 5.82 Å². The quantitative estimate of drug-likeness (QED) is 0.844. The summed E-state index contributed by atoms with van der Waals surface area (Å²) in [5, 5.41) is 9.25. The van der Waals surface area contributed by atoms with Crippen LogP contribution in [0.4, 0.5) is 4.39 Å². The van der Waals surface area contributed by atoms with Gasteiger partial charge in [0, 0.05) is 30.3 Å². The Morgan fingerprint density at radius 1 is 1.33 bits per heavy atom. The van der Waals surface area contributed by atoms with Crippen molar-refractivity contribution in [3.63, 3.8) is 0 Å². The lowest BCUT2D eigenvalue weighted by atomic mass is 9.93. The minimum Gasteiger partial charge on any atom is -0.395 e. The van der Waals surface area contributed by atoms with Gasteiger partial charge in [-0.25, -0.2) is 4.39 Å². The van der Waals surface area contributed by atoms with Gasteiger partial charge in [-0.15, -0.1) is 0 Å². The van der Waals surface area contributed by atoms with E-state index in [0.29, 0.717) is 30.3 Å². The van der Waals surface area contributed by atoms with Gasteiger partial charge in [0.25, 0.3) is 0 Å². The molecule has 0 radical (unpaired) electrons. The zero-order chi connectivity index (χ0) is 15.2. The number of benzene rings is 1. The molecule has 1 aliphatic rings. The highest BCUT2D eigenvalue weighted by atomic mass is 19.1. The summed E-state index contributed by atoms with van der Waals surface area (Å²) in [5.41, 5.74) is 6.03. The van der Waals surface area contributed by atoms with Crippen molar-refractivity contribution < 1.29 is 14.3 Å². The van der Waals surface area contributed by atoms with Gasteiger partial charge in [-0.1, -0.05) is 19.3 Å². The van der Waals surface area contributed by atoms with Crippen LogP contribution in [-0.4, -0.2) is 35.1 Å². The molecule has 116 valence electrons. The van der Waals surface area contributed by atoms with E-state index >= 15 is 0 Å². The first-order valence-corrected chi connectivity index (χ1v) is 7.55.